The van der Waals surface area contributed by atoms with Crippen molar-refractivity contribution in [2.75, 3.05) is 61.4 Å². The highest BCUT2D eigenvalue weighted by atomic mass is 16.1. The van der Waals surface area contributed by atoms with E-state index in [1.807, 2.05) is 36.4 Å². The highest BCUT2D eigenvalue weighted by Gasteiger charge is 2.15. The Kier molecular flexibility index (Phi) is 7.47. The van der Waals surface area contributed by atoms with Crippen molar-refractivity contribution < 1.29 is 4.79 Å². The lowest BCUT2D eigenvalue weighted by Crippen LogP contribution is -2.44. The Labute approximate surface area is 174 Å². The van der Waals surface area contributed by atoms with Crippen molar-refractivity contribution in [2.24, 2.45) is 0 Å². The summed E-state index contributed by atoms with van der Waals surface area (Å²) in [6.45, 7) is 10.4. The molecule has 1 aromatic carbocycles. The summed E-state index contributed by atoms with van der Waals surface area (Å²) in [5.74, 6) is 0.856. The molecule has 6 nitrogen and oxygen atoms in total. The van der Waals surface area contributed by atoms with Gasteiger partial charge in [0.2, 0.25) is 0 Å². The van der Waals surface area contributed by atoms with Gasteiger partial charge in [0, 0.05) is 50.5 Å². The van der Waals surface area contributed by atoms with Crippen molar-refractivity contribution in [3.63, 3.8) is 0 Å². The van der Waals surface area contributed by atoms with Gasteiger partial charge in [-0.3, -0.25) is 4.79 Å². The largest absolute Gasteiger partial charge is 0.372 e. The lowest BCUT2D eigenvalue weighted by molar-refractivity contribution is 0.102. The number of pyridine rings is 1. The molecule has 29 heavy (non-hydrogen) atoms. The third-order valence-electron chi connectivity index (χ3n) is 5.49. The monoisotopic (exact) mass is 395 g/mol. The van der Waals surface area contributed by atoms with E-state index in [0.29, 0.717) is 5.56 Å². The van der Waals surface area contributed by atoms with Crippen molar-refractivity contribution in [3.8, 4) is 0 Å². The predicted molar refractivity (Wildman–Crippen MR) is 121 cm³/mol. The number of likely N-dealkylation sites (N-methyl/N-ethyl adjacent to an activating group) is 1. The van der Waals surface area contributed by atoms with Crippen LogP contribution in [0.25, 0.3) is 0 Å². The summed E-state index contributed by atoms with van der Waals surface area (Å²) in [5, 5.41) is 2.95. The number of benzene rings is 1. The average Bonchev–Trinajstić information content (AvgIpc) is 2.76. The normalized spacial score (nSPS) is 14.7. The maximum Gasteiger partial charge on any atom is 0.255 e. The summed E-state index contributed by atoms with van der Waals surface area (Å²) in [7, 11) is 2.14. The Bertz CT molecular complexity index is 767. The standard InChI is InChI=1S/C23H33N5O/c1-4-6-13-27(5-2)21-10-7-19(8-11-21)23(29)25-20-9-12-22(24-18-20)28-16-14-26(3)15-17-28/h7-12,18H,4-6,13-17H2,1-3H3,(H,25,29). The van der Waals surface area contributed by atoms with Crippen molar-refractivity contribution in [1.82, 2.24) is 9.88 Å². The second-order valence-corrected chi connectivity index (χ2v) is 7.63. The molecule has 0 saturated carbocycles. The predicted octanol–water partition coefficient (Wildman–Crippen LogP) is 3.71. The van der Waals surface area contributed by atoms with Gasteiger partial charge in [0.05, 0.1) is 11.9 Å². The zero-order valence-corrected chi connectivity index (χ0v) is 17.9. The molecule has 1 N–H and O–H groups in total. The van der Waals surface area contributed by atoms with Gasteiger partial charge in [-0.2, -0.15) is 0 Å². The number of anilines is 3. The first-order valence-electron chi connectivity index (χ1n) is 10.7. The first kappa shape index (κ1) is 21.1. The van der Waals surface area contributed by atoms with Gasteiger partial charge in [-0.25, -0.2) is 4.98 Å². The van der Waals surface area contributed by atoms with Crippen LogP contribution in [0.4, 0.5) is 17.2 Å². The maximum atomic E-state index is 12.6. The van der Waals surface area contributed by atoms with Gasteiger partial charge in [0.1, 0.15) is 5.82 Å². The first-order valence-corrected chi connectivity index (χ1v) is 10.7. The summed E-state index contributed by atoms with van der Waals surface area (Å²) in [4.78, 5) is 24.1. The molecule has 2 heterocycles. The van der Waals surface area contributed by atoms with Crippen molar-refractivity contribution in [3.05, 3.63) is 48.2 Å². The Morgan fingerprint density at radius 1 is 1.07 bits per heavy atom. The number of aromatic nitrogens is 1. The second-order valence-electron chi connectivity index (χ2n) is 7.63. The van der Waals surface area contributed by atoms with Crippen molar-refractivity contribution in [1.29, 1.82) is 0 Å². The molecule has 0 radical (unpaired) electrons. The van der Waals surface area contributed by atoms with Crippen LogP contribution in [-0.2, 0) is 0 Å². The number of nitrogens with zero attached hydrogens (tertiary/aromatic N) is 4. The van der Waals surface area contributed by atoms with Crippen LogP contribution in [0.5, 0.6) is 0 Å². The van der Waals surface area contributed by atoms with Gasteiger partial charge < -0.3 is 20.0 Å². The molecule has 6 heteroatoms. The molecule has 1 aliphatic heterocycles. The van der Waals surface area contributed by atoms with Crippen molar-refractivity contribution >= 4 is 23.1 Å². The Morgan fingerprint density at radius 2 is 1.79 bits per heavy atom. The number of hydrogen-bond acceptors (Lipinski definition) is 5. The molecule has 1 amide bonds. The van der Waals surface area contributed by atoms with E-state index in [2.05, 4.69) is 45.9 Å². The van der Waals surface area contributed by atoms with E-state index in [1.165, 1.54) is 12.8 Å². The summed E-state index contributed by atoms with van der Waals surface area (Å²) in [6, 6.07) is 11.8. The smallest absolute Gasteiger partial charge is 0.255 e. The molecule has 2 aromatic rings. The summed E-state index contributed by atoms with van der Waals surface area (Å²) in [6.07, 6.45) is 4.09. The first-order chi connectivity index (χ1) is 14.1. The van der Waals surface area contributed by atoms with E-state index in [-0.39, 0.29) is 5.91 Å². The fourth-order valence-corrected chi connectivity index (χ4v) is 3.53. The van der Waals surface area contributed by atoms with Gasteiger partial charge in [0.15, 0.2) is 0 Å². The van der Waals surface area contributed by atoms with Crippen LogP contribution >= 0.6 is 0 Å². The molecule has 3 rings (SSSR count). The van der Waals surface area contributed by atoms with Crippen LogP contribution in [0.15, 0.2) is 42.6 Å². The SMILES string of the molecule is CCCCN(CC)c1ccc(C(=O)Nc2ccc(N3CCN(C)CC3)nc2)cc1. The van der Waals surface area contributed by atoms with Gasteiger partial charge in [-0.05, 0) is 56.8 Å². The molecule has 0 atom stereocenters. The van der Waals surface area contributed by atoms with Crippen LogP contribution in [0, 0.1) is 0 Å². The summed E-state index contributed by atoms with van der Waals surface area (Å²) < 4.78 is 0. The number of piperazine rings is 1. The lowest BCUT2D eigenvalue weighted by Gasteiger charge is -2.33. The van der Waals surface area contributed by atoms with Crippen molar-refractivity contribution in [2.45, 2.75) is 26.7 Å². The molecule has 0 aliphatic carbocycles. The minimum absolute atomic E-state index is 0.109. The van der Waals surface area contributed by atoms with E-state index in [1.54, 1.807) is 6.20 Å². The van der Waals surface area contributed by atoms with Crippen LogP contribution in [0.3, 0.4) is 0 Å². The van der Waals surface area contributed by atoms with E-state index in [9.17, 15) is 4.79 Å². The quantitative estimate of drug-likeness (QED) is 0.738. The number of rotatable bonds is 8. The van der Waals surface area contributed by atoms with E-state index in [0.717, 1.165) is 56.5 Å². The summed E-state index contributed by atoms with van der Waals surface area (Å²) >= 11 is 0. The van der Waals surface area contributed by atoms with Crippen LogP contribution in [-0.4, -0.2) is 62.1 Å². The fraction of sp³-hybridized carbons (Fsp3) is 0.478. The van der Waals surface area contributed by atoms with Gasteiger partial charge in [-0.1, -0.05) is 13.3 Å². The van der Waals surface area contributed by atoms with E-state index < -0.39 is 0 Å². The van der Waals surface area contributed by atoms with Gasteiger partial charge in [0.25, 0.3) is 5.91 Å². The molecule has 1 aliphatic rings. The molecule has 0 spiro atoms. The molecule has 156 valence electrons. The highest BCUT2D eigenvalue weighted by Crippen LogP contribution is 2.19. The lowest BCUT2D eigenvalue weighted by atomic mass is 10.1. The number of carbonyl (C=O) groups excluding carboxylic acids is 1. The molecule has 1 saturated heterocycles. The molecular formula is C23H33N5O. The van der Waals surface area contributed by atoms with E-state index in [4.69, 9.17) is 0 Å². The van der Waals surface area contributed by atoms with Crippen LogP contribution in [0.2, 0.25) is 0 Å². The third-order valence-corrected chi connectivity index (χ3v) is 5.49. The van der Waals surface area contributed by atoms with Crippen LogP contribution in [0.1, 0.15) is 37.0 Å². The minimum atomic E-state index is -0.109. The van der Waals surface area contributed by atoms with Crippen LogP contribution < -0.4 is 15.1 Å². The Morgan fingerprint density at radius 3 is 2.38 bits per heavy atom. The summed E-state index contributed by atoms with van der Waals surface area (Å²) in [5.41, 5.74) is 2.54. The Balaban J connectivity index is 1.58. The number of carbonyl (C=O) groups is 1. The third kappa shape index (κ3) is 5.70. The fourth-order valence-electron chi connectivity index (χ4n) is 3.53. The Hall–Kier alpha value is -2.60. The maximum absolute atomic E-state index is 12.6. The van der Waals surface area contributed by atoms with E-state index >= 15 is 0 Å². The number of unbranched alkanes of at least 4 members (excludes halogenated alkanes) is 1. The number of nitrogens with one attached hydrogen (secondary N) is 1. The number of amides is 1. The molecule has 0 bridgehead atoms. The van der Waals surface area contributed by atoms with Gasteiger partial charge >= 0.3 is 0 Å². The number of hydrogen-bond donors (Lipinski definition) is 1. The molecule has 1 fully saturated rings. The molecule has 0 unspecified atom stereocenters. The molecule has 1 aromatic heterocycles. The topological polar surface area (TPSA) is 51.7 Å². The molecular weight excluding hydrogens is 362 g/mol. The van der Waals surface area contributed by atoms with Gasteiger partial charge in [-0.15, -0.1) is 0 Å². The second kappa shape index (κ2) is 10.3. The minimum Gasteiger partial charge on any atom is -0.372 e. The zero-order chi connectivity index (χ0) is 20.6. The highest BCUT2D eigenvalue weighted by molar-refractivity contribution is 6.04. The zero-order valence-electron chi connectivity index (χ0n) is 17.9. The average molecular weight is 396 g/mol.